The summed E-state index contributed by atoms with van der Waals surface area (Å²) >= 11 is 0. The van der Waals surface area contributed by atoms with Gasteiger partial charge in [-0.2, -0.15) is 0 Å². The number of hydrogen-bond acceptors (Lipinski definition) is 5. The molecular formula is C17H17NO4S. The fraction of sp³-hybridized carbons (Fsp3) is 0.235. The number of aliphatic imine (C=N–C) groups is 1. The van der Waals surface area contributed by atoms with Crippen molar-refractivity contribution >= 4 is 15.7 Å². The van der Waals surface area contributed by atoms with Crippen molar-refractivity contribution in [1.82, 2.24) is 0 Å². The van der Waals surface area contributed by atoms with Gasteiger partial charge in [0.15, 0.2) is 15.9 Å². The van der Waals surface area contributed by atoms with E-state index in [1.807, 2.05) is 30.3 Å². The zero-order valence-corrected chi connectivity index (χ0v) is 13.4. The monoisotopic (exact) mass is 331 g/mol. The fourth-order valence-electron chi connectivity index (χ4n) is 2.50. The van der Waals surface area contributed by atoms with E-state index in [2.05, 4.69) is 4.99 Å². The van der Waals surface area contributed by atoms with E-state index in [1.54, 1.807) is 24.3 Å². The molecule has 2 aromatic carbocycles. The highest BCUT2D eigenvalue weighted by Crippen LogP contribution is 2.31. The highest BCUT2D eigenvalue weighted by atomic mass is 32.2. The molecule has 1 aliphatic rings. The van der Waals surface area contributed by atoms with Gasteiger partial charge in [0.25, 0.3) is 0 Å². The number of benzene rings is 2. The molecule has 0 saturated carbocycles. The van der Waals surface area contributed by atoms with Crippen LogP contribution in [-0.4, -0.2) is 38.3 Å². The molecule has 2 aromatic rings. The highest BCUT2D eigenvalue weighted by molar-refractivity contribution is 7.90. The van der Waals surface area contributed by atoms with Crippen LogP contribution in [0.1, 0.15) is 17.2 Å². The van der Waals surface area contributed by atoms with Gasteiger partial charge < -0.3 is 9.84 Å². The van der Waals surface area contributed by atoms with E-state index in [1.165, 1.54) is 6.26 Å². The maximum absolute atomic E-state index is 11.5. The molecule has 0 bridgehead atoms. The SMILES string of the molecule is CS(=O)(=O)c1ccc([C@@H]2OC(c3ccccc3)=N[C@@H]2CO)cc1. The lowest BCUT2D eigenvalue weighted by atomic mass is 10.0. The van der Waals surface area contributed by atoms with Crippen LogP contribution < -0.4 is 0 Å². The third-order valence-corrected chi connectivity index (χ3v) is 4.84. The second kappa shape index (κ2) is 6.14. The standard InChI is InChI=1S/C17H17NO4S/c1-23(20,21)14-9-7-12(8-10-14)16-15(11-19)18-17(22-16)13-5-3-2-4-6-13/h2-10,15-16,19H,11H2,1H3/t15-,16+/m1/s1. The first kappa shape index (κ1) is 15.7. The third-order valence-electron chi connectivity index (χ3n) is 3.72. The molecule has 120 valence electrons. The summed E-state index contributed by atoms with van der Waals surface area (Å²) in [4.78, 5) is 4.69. The van der Waals surface area contributed by atoms with Crippen molar-refractivity contribution in [3.05, 3.63) is 65.7 Å². The molecule has 0 aromatic heterocycles. The van der Waals surface area contributed by atoms with Crippen LogP contribution >= 0.6 is 0 Å². The third kappa shape index (κ3) is 3.28. The topological polar surface area (TPSA) is 76.0 Å². The number of aliphatic hydroxyl groups excluding tert-OH is 1. The van der Waals surface area contributed by atoms with Gasteiger partial charge in [-0.1, -0.05) is 30.3 Å². The van der Waals surface area contributed by atoms with E-state index in [4.69, 9.17) is 4.74 Å². The quantitative estimate of drug-likeness (QED) is 0.929. The van der Waals surface area contributed by atoms with Crippen molar-refractivity contribution in [2.75, 3.05) is 12.9 Å². The summed E-state index contributed by atoms with van der Waals surface area (Å²) in [6.07, 6.45) is 0.741. The fourth-order valence-corrected chi connectivity index (χ4v) is 3.13. The van der Waals surface area contributed by atoms with Gasteiger partial charge in [-0.05, 0) is 29.8 Å². The molecule has 1 aliphatic heterocycles. The minimum absolute atomic E-state index is 0.144. The molecule has 23 heavy (non-hydrogen) atoms. The Balaban J connectivity index is 1.87. The Labute approximate surface area is 135 Å². The van der Waals surface area contributed by atoms with Crippen molar-refractivity contribution in [3.63, 3.8) is 0 Å². The van der Waals surface area contributed by atoms with Crippen LogP contribution in [0, 0.1) is 0 Å². The summed E-state index contributed by atoms with van der Waals surface area (Å²) in [5.74, 6) is 0.488. The summed E-state index contributed by atoms with van der Waals surface area (Å²) in [7, 11) is -3.23. The summed E-state index contributed by atoms with van der Waals surface area (Å²) in [5, 5.41) is 9.56. The van der Waals surface area contributed by atoms with Gasteiger partial charge in [0.2, 0.25) is 5.90 Å². The van der Waals surface area contributed by atoms with E-state index in [0.29, 0.717) is 5.90 Å². The van der Waals surface area contributed by atoms with Gasteiger partial charge >= 0.3 is 0 Å². The van der Waals surface area contributed by atoms with Crippen molar-refractivity contribution in [2.45, 2.75) is 17.0 Å². The lowest BCUT2D eigenvalue weighted by molar-refractivity contribution is 0.152. The Morgan fingerprint density at radius 2 is 1.74 bits per heavy atom. The molecule has 1 N–H and O–H groups in total. The van der Waals surface area contributed by atoms with Crippen molar-refractivity contribution in [2.24, 2.45) is 4.99 Å². The number of aliphatic hydroxyl groups is 1. The number of rotatable bonds is 4. The normalized spacial score (nSPS) is 20.9. The molecule has 0 aliphatic carbocycles. The highest BCUT2D eigenvalue weighted by Gasteiger charge is 2.32. The number of ether oxygens (including phenoxy) is 1. The molecular weight excluding hydrogens is 314 g/mol. The summed E-state index contributed by atoms with van der Waals surface area (Å²) in [6, 6.07) is 15.6. The van der Waals surface area contributed by atoms with Crippen molar-refractivity contribution < 1.29 is 18.3 Å². The van der Waals surface area contributed by atoms with Crippen LogP contribution in [0.15, 0.2) is 64.5 Å². The Bertz CT molecular complexity index is 813. The lowest BCUT2D eigenvalue weighted by Crippen LogP contribution is -2.18. The van der Waals surface area contributed by atoms with Crippen molar-refractivity contribution in [3.8, 4) is 0 Å². The molecule has 0 fully saturated rings. The van der Waals surface area contributed by atoms with Crippen LogP contribution in [0.25, 0.3) is 0 Å². The van der Waals surface area contributed by atoms with Crippen LogP contribution in [0.3, 0.4) is 0 Å². The Morgan fingerprint density at radius 1 is 1.09 bits per heavy atom. The van der Waals surface area contributed by atoms with Crippen LogP contribution in [0.5, 0.6) is 0 Å². The van der Waals surface area contributed by atoms with E-state index in [9.17, 15) is 13.5 Å². The molecule has 0 saturated heterocycles. The van der Waals surface area contributed by atoms with E-state index >= 15 is 0 Å². The minimum atomic E-state index is -3.23. The molecule has 2 atom stereocenters. The van der Waals surface area contributed by atoms with E-state index in [0.717, 1.165) is 11.1 Å². The predicted molar refractivity (Wildman–Crippen MR) is 87.2 cm³/mol. The van der Waals surface area contributed by atoms with Gasteiger partial charge in [0.1, 0.15) is 6.04 Å². The van der Waals surface area contributed by atoms with Crippen molar-refractivity contribution in [1.29, 1.82) is 0 Å². The van der Waals surface area contributed by atoms with Gasteiger partial charge in [-0.15, -0.1) is 0 Å². The molecule has 1 heterocycles. The first-order valence-corrected chi connectivity index (χ1v) is 9.09. The average molecular weight is 331 g/mol. The molecule has 3 rings (SSSR count). The first-order valence-electron chi connectivity index (χ1n) is 7.20. The molecule has 0 radical (unpaired) electrons. The van der Waals surface area contributed by atoms with E-state index < -0.39 is 22.0 Å². The van der Waals surface area contributed by atoms with Crippen LogP contribution in [-0.2, 0) is 14.6 Å². The smallest absolute Gasteiger partial charge is 0.217 e. The molecule has 0 spiro atoms. The number of hydrogen-bond donors (Lipinski definition) is 1. The Kier molecular flexibility index (Phi) is 4.19. The first-order chi connectivity index (χ1) is 11.0. The van der Waals surface area contributed by atoms with Crippen LogP contribution in [0.4, 0.5) is 0 Å². The van der Waals surface area contributed by atoms with Gasteiger partial charge in [-0.25, -0.2) is 13.4 Å². The zero-order chi connectivity index (χ0) is 16.4. The minimum Gasteiger partial charge on any atom is -0.467 e. The molecule has 0 amide bonds. The van der Waals surface area contributed by atoms with Crippen LogP contribution in [0.2, 0.25) is 0 Å². The predicted octanol–water partition coefficient (Wildman–Crippen LogP) is 1.97. The average Bonchev–Trinajstić information content (AvgIpc) is 2.99. The summed E-state index contributed by atoms with van der Waals surface area (Å²) in [5.41, 5.74) is 1.63. The molecule has 6 heteroatoms. The Morgan fingerprint density at radius 3 is 2.30 bits per heavy atom. The summed E-state index contributed by atoms with van der Waals surface area (Å²) < 4.78 is 29.0. The number of sulfone groups is 1. The maximum atomic E-state index is 11.5. The van der Waals surface area contributed by atoms with E-state index in [-0.39, 0.29) is 11.5 Å². The second-order valence-corrected chi connectivity index (χ2v) is 7.45. The maximum Gasteiger partial charge on any atom is 0.217 e. The summed E-state index contributed by atoms with van der Waals surface area (Å²) in [6.45, 7) is -0.144. The lowest BCUT2D eigenvalue weighted by Gasteiger charge is -2.16. The second-order valence-electron chi connectivity index (χ2n) is 5.43. The number of nitrogens with zero attached hydrogens (tertiary/aromatic N) is 1. The van der Waals surface area contributed by atoms with Gasteiger partial charge in [0.05, 0.1) is 11.5 Å². The van der Waals surface area contributed by atoms with Gasteiger partial charge in [-0.3, -0.25) is 0 Å². The Hall–Kier alpha value is -2.18. The molecule has 5 nitrogen and oxygen atoms in total. The van der Waals surface area contributed by atoms with Gasteiger partial charge in [0, 0.05) is 11.8 Å². The zero-order valence-electron chi connectivity index (χ0n) is 12.6. The largest absolute Gasteiger partial charge is 0.467 e. The molecule has 0 unspecified atom stereocenters.